The highest BCUT2D eigenvalue weighted by molar-refractivity contribution is 5.95. The number of rotatable bonds is 10. The summed E-state index contributed by atoms with van der Waals surface area (Å²) in [5.74, 6) is 4.35. The molecular weight excluding hydrogens is 480 g/mol. The lowest BCUT2D eigenvalue weighted by atomic mass is 10.1. The average Bonchev–Trinajstić information content (AvgIpc) is 3.28. The summed E-state index contributed by atoms with van der Waals surface area (Å²) >= 11 is 0. The molecule has 0 spiro atoms. The summed E-state index contributed by atoms with van der Waals surface area (Å²) in [4.78, 5) is 62.1. The molecule has 5 N–H and O–H groups in total. The van der Waals surface area contributed by atoms with Crippen molar-refractivity contribution in [2.45, 2.75) is 45.6 Å². The first-order chi connectivity index (χ1) is 17.8. The van der Waals surface area contributed by atoms with Crippen LogP contribution in [0.5, 0.6) is 0 Å². The molecule has 0 unspecified atom stereocenters. The second kappa shape index (κ2) is 12.9. The predicted octanol–water partition coefficient (Wildman–Crippen LogP) is 1.22. The molecule has 3 heterocycles. The smallest absolute Gasteiger partial charge is 0.328 e. The Hall–Kier alpha value is -4.66. The molecule has 0 aliphatic rings. The average molecular weight is 509 g/mol. The molecule has 0 aromatic carbocycles. The van der Waals surface area contributed by atoms with Crippen LogP contribution in [0.25, 0.3) is 11.0 Å². The second-order valence-corrected chi connectivity index (χ2v) is 7.86. The lowest BCUT2D eigenvalue weighted by molar-refractivity contribution is -0.146. The number of nitrogens with two attached hydrogens (primary N) is 1. The molecule has 0 aliphatic carbocycles. The fourth-order valence-corrected chi connectivity index (χ4v) is 3.41. The van der Waals surface area contributed by atoms with E-state index in [0.29, 0.717) is 29.4 Å². The van der Waals surface area contributed by atoms with Gasteiger partial charge in [-0.15, -0.1) is 0 Å². The van der Waals surface area contributed by atoms with Crippen LogP contribution in [-0.2, 0) is 25.5 Å². The van der Waals surface area contributed by atoms with Crippen LogP contribution in [0.1, 0.15) is 54.9 Å². The molecule has 3 rings (SSSR count). The number of carbonyl (C=O) groups is 3. The maximum atomic E-state index is 12.6. The summed E-state index contributed by atoms with van der Waals surface area (Å²) in [6.45, 7) is 3.70. The van der Waals surface area contributed by atoms with Crippen molar-refractivity contribution < 1.29 is 23.9 Å². The van der Waals surface area contributed by atoms with E-state index in [1.54, 1.807) is 26.0 Å². The highest BCUT2D eigenvalue weighted by atomic mass is 16.5. The molecular formula is C25H28N6O6. The quantitative estimate of drug-likeness (QED) is 0.231. The standard InChI is InChI=1S/C25H28N6O6/c1-3-36-20(32)12-11-19(24(35)37-4-2)29-23(34)18-10-9-15(14-27-18)7-5-6-8-16-13-17-21(28-16)30-25(26)31-22(17)33/h9-10,13-14,19H,3-4,6,8,11-12H2,1-2H3,(H,29,34)(H4,26,28,30,31,33)/t19-/m0/s1. The van der Waals surface area contributed by atoms with Crippen molar-refractivity contribution in [2.75, 3.05) is 18.9 Å². The molecule has 3 aromatic rings. The first kappa shape index (κ1) is 26.9. The van der Waals surface area contributed by atoms with Crippen LogP contribution in [-0.4, -0.2) is 57.0 Å². The molecule has 12 heteroatoms. The maximum absolute atomic E-state index is 12.6. The Kier molecular flexibility index (Phi) is 9.37. The third-order valence-electron chi connectivity index (χ3n) is 5.14. The van der Waals surface area contributed by atoms with Crippen molar-refractivity contribution in [1.82, 2.24) is 25.3 Å². The number of nitrogens with zero attached hydrogens (tertiary/aromatic N) is 2. The van der Waals surface area contributed by atoms with Crippen molar-refractivity contribution >= 4 is 34.8 Å². The number of anilines is 1. The Morgan fingerprint density at radius 3 is 2.65 bits per heavy atom. The number of nitrogens with one attached hydrogen (secondary N) is 3. The van der Waals surface area contributed by atoms with Crippen molar-refractivity contribution in [1.29, 1.82) is 0 Å². The summed E-state index contributed by atoms with van der Waals surface area (Å²) in [6.07, 6.45) is 2.52. The van der Waals surface area contributed by atoms with Gasteiger partial charge in [0.25, 0.3) is 11.5 Å². The van der Waals surface area contributed by atoms with Crippen LogP contribution in [0.15, 0.2) is 29.2 Å². The lowest BCUT2D eigenvalue weighted by Gasteiger charge is -2.16. The van der Waals surface area contributed by atoms with Gasteiger partial charge in [0.1, 0.15) is 17.4 Å². The number of fused-ring (bicyclic) bond motifs is 1. The monoisotopic (exact) mass is 508 g/mol. The molecule has 3 aromatic heterocycles. The summed E-state index contributed by atoms with van der Waals surface area (Å²) in [5, 5.41) is 2.99. The molecule has 1 atom stereocenters. The Labute approximate surface area is 212 Å². The Bertz CT molecular complexity index is 1380. The zero-order chi connectivity index (χ0) is 26.8. The van der Waals surface area contributed by atoms with Crippen LogP contribution in [0.3, 0.4) is 0 Å². The summed E-state index contributed by atoms with van der Waals surface area (Å²) in [6, 6.07) is 3.84. The molecule has 12 nitrogen and oxygen atoms in total. The normalized spacial score (nSPS) is 11.3. The fraction of sp³-hybridized carbons (Fsp3) is 0.360. The number of pyridine rings is 1. The Morgan fingerprint density at radius 2 is 1.95 bits per heavy atom. The van der Waals surface area contributed by atoms with Crippen molar-refractivity contribution in [3.05, 3.63) is 51.7 Å². The zero-order valence-corrected chi connectivity index (χ0v) is 20.6. The van der Waals surface area contributed by atoms with Gasteiger partial charge < -0.3 is 25.5 Å². The first-order valence-corrected chi connectivity index (χ1v) is 11.8. The van der Waals surface area contributed by atoms with Gasteiger partial charge in [0, 0.05) is 30.3 Å². The number of aromatic nitrogens is 4. The molecule has 0 bridgehead atoms. The van der Waals surface area contributed by atoms with Gasteiger partial charge in [-0.05, 0) is 44.9 Å². The molecule has 0 fully saturated rings. The lowest BCUT2D eigenvalue weighted by Crippen LogP contribution is -2.42. The zero-order valence-electron chi connectivity index (χ0n) is 20.6. The molecule has 0 radical (unpaired) electrons. The van der Waals surface area contributed by atoms with Crippen LogP contribution >= 0.6 is 0 Å². The number of hydrogen-bond acceptors (Lipinski definition) is 9. The molecule has 1 amide bonds. The van der Waals surface area contributed by atoms with Crippen molar-refractivity contribution in [3.8, 4) is 11.8 Å². The van der Waals surface area contributed by atoms with Gasteiger partial charge in [-0.3, -0.25) is 19.4 Å². The van der Waals surface area contributed by atoms with Gasteiger partial charge in [-0.25, -0.2) is 9.78 Å². The number of carbonyl (C=O) groups excluding carboxylic acids is 3. The molecule has 0 aliphatic heterocycles. The maximum Gasteiger partial charge on any atom is 0.328 e. The van der Waals surface area contributed by atoms with Crippen LogP contribution in [0, 0.1) is 11.8 Å². The van der Waals surface area contributed by atoms with Crippen molar-refractivity contribution in [2.24, 2.45) is 0 Å². The molecule has 37 heavy (non-hydrogen) atoms. The third kappa shape index (κ3) is 7.66. The van der Waals surface area contributed by atoms with E-state index in [2.05, 4.69) is 37.1 Å². The topological polar surface area (TPSA) is 182 Å². The van der Waals surface area contributed by atoms with E-state index in [4.69, 9.17) is 15.2 Å². The highest BCUT2D eigenvalue weighted by Crippen LogP contribution is 2.11. The minimum Gasteiger partial charge on any atom is -0.466 e. The third-order valence-corrected chi connectivity index (χ3v) is 5.14. The molecule has 194 valence electrons. The minimum absolute atomic E-state index is 0.0425. The van der Waals surface area contributed by atoms with Crippen LogP contribution in [0.4, 0.5) is 5.95 Å². The van der Waals surface area contributed by atoms with Crippen molar-refractivity contribution in [3.63, 3.8) is 0 Å². The molecule has 0 saturated heterocycles. The Balaban J connectivity index is 1.57. The number of H-pyrrole nitrogens is 2. The van der Waals surface area contributed by atoms with E-state index in [1.165, 1.54) is 12.3 Å². The SMILES string of the molecule is CCOC(=O)CC[C@H](NC(=O)c1ccc(C#CCCc2cc3c(=O)[nH]c(N)nc3[nH]2)cn1)C(=O)OCC. The van der Waals surface area contributed by atoms with Gasteiger partial charge in [0.2, 0.25) is 5.95 Å². The summed E-state index contributed by atoms with van der Waals surface area (Å²) in [5.41, 5.74) is 7.17. The second-order valence-electron chi connectivity index (χ2n) is 7.86. The first-order valence-electron chi connectivity index (χ1n) is 11.8. The molecule has 0 saturated carbocycles. The van der Waals surface area contributed by atoms with Gasteiger partial charge in [-0.1, -0.05) is 11.8 Å². The number of ether oxygens (including phenoxy) is 2. The highest BCUT2D eigenvalue weighted by Gasteiger charge is 2.24. The van der Waals surface area contributed by atoms with Gasteiger partial charge in [0.15, 0.2) is 0 Å². The minimum atomic E-state index is -1.01. The van der Waals surface area contributed by atoms with E-state index in [9.17, 15) is 19.2 Å². The number of hydrogen-bond donors (Lipinski definition) is 4. The summed E-state index contributed by atoms with van der Waals surface area (Å²) in [7, 11) is 0. The van der Waals surface area contributed by atoms with Gasteiger partial charge >= 0.3 is 11.9 Å². The van der Waals surface area contributed by atoms with Crippen LogP contribution < -0.4 is 16.6 Å². The number of nitrogen functional groups attached to an aromatic ring is 1. The van der Waals surface area contributed by atoms with Gasteiger partial charge in [-0.2, -0.15) is 4.98 Å². The Morgan fingerprint density at radius 1 is 1.16 bits per heavy atom. The van der Waals surface area contributed by atoms with Crippen LogP contribution in [0.2, 0.25) is 0 Å². The number of esters is 2. The van der Waals surface area contributed by atoms with E-state index in [-0.39, 0.29) is 43.3 Å². The van der Waals surface area contributed by atoms with E-state index < -0.39 is 23.9 Å². The fourth-order valence-electron chi connectivity index (χ4n) is 3.41. The number of aromatic amines is 2. The number of aryl methyl sites for hydroxylation is 1. The number of amides is 1. The summed E-state index contributed by atoms with van der Waals surface area (Å²) < 4.78 is 9.87. The largest absolute Gasteiger partial charge is 0.466 e. The van der Waals surface area contributed by atoms with Gasteiger partial charge in [0.05, 0.1) is 18.6 Å². The van der Waals surface area contributed by atoms with E-state index in [1.807, 2.05) is 0 Å². The predicted molar refractivity (Wildman–Crippen MR) is 134 cm³/mol. The van der Waals surface area contributed by atoms with E-state index in [0.717, 1.165) is 5.69 Å². The van der Waals surface area contributed by atoms with E-state index >= 15 is 0 Å².